The molecule has 2 rings (SSSR count). The average Bonchev–Trinajstić information content (AvgIpc) is 2.10. The molecular weight excluding hydrogens is 124 g/mol. The van der Waals surface area contributed by atoms with E-state index < -0.39 is 0 Å². The molecular formula is C8H16N2. The lowest BCUT2D eigenvalue weighted by molar-refractivity contribution is 0.122. The molecule has 2 heterocycles. The van der Waals surface area contributed by atoms with Gasteiger partial charge in [-0.1, -0.05) is 0 Å². The van der Waals surface area contributed by atoms with Crippen LogP contribution in [0, 0.1) is 0 Å². The van der Waals surface area contributed by atoms with Gasteiger partial charge in [-0.3, -0.25) is 4.90 Å². The number of likely N-dealkylation sites (N-methyl/N-ethyl adjacent to an activating group) is 1. The first-order valence-corrected chi connectivity index (χ1v) is 4.29. The largest absolute Gasteiger partial charge is 0.305 e. The van der Waals surface area contributed by atoms with Crippen molar-refractivity contribution in [1.29, 1.82) is 0 Å². The first-order valence-electron chi connectivity index (χ1n) is 4.29. The molecule has 2 heteroatoms. The SMILES string of the molecule is CN1CC[C@H](N2CCC2)C1. The molecule has 0 aliphatic carbocycles. The highest BCUT2D eigenvalue weighted by atomic mass is 15.3. The summed E-state index contributed by atoms with van der Waals surface area (Å²) in [6.07, 6.45) is 2.83. The summed E-state index contributed by atoms with van der Waals surface area (Å²) in [5.41, 5.74) is 0. The van der Waals surface area contributed by atoms with E-state index in [2.05, 4.69) is 16.8 Å². The standard InChI is InChI=1S/C8H16N2/c1-9-6-3-8(7-9)10-4-2-5-10/h8H,2-7H2,1H3/t8-/m0/s1. The summed E-state index contributed by atoms with van der Waals surface area (Å²) in [6.45, 7) is 5.33. The van der Waals surface area contributed by atoms with E-state index in [0.717, 1.165) is 6.04 Å². The van der Waals surface area contributed by atoms with Gasteiger partial charge in [-0.15, -0.1) is 0 Å². The van der Waals surface area contributed by atoms with E-state index in [1.54, 1.807) is 0 Å². The van der Waals surface area contributed by atoms with E-state index in [9.17, 15) is 0 Å². The normalized spacial score (nSPS) is 36.3. The van der Waals surface area contributed by atoms with Crippen molar-refractivity contribution >= 4 is 0 Å². The summed E-state index contributed by atoms with van der Waals surface area (Å²) in [4.78, 5) is 5.05. The second kappa shape index (κ2) is 2.51. The lowest BCUT2D eigenvalue weighted by Gasteiger charge is -2.36. The second-order valence-electron chi connectivity index (χ2n) is 3.59. The highest BCUT2D eigenvalue weighted by Gasteiger charge is 2.28. The maximum Gasteiger partial charge on any atom is 0.0235 e. The highest BCUT2D eigenvalue weighted by Crippen LogP contribution is 2.18. The van der Waals surface area contributed by atoms with E-state index in [4.69, 9.17) is 0 Å². The van der Waals surface area contributed by atoms with Crippen LogP contribution in [0.15, 0.2) is 0 Å². The van der Waals surface area contributed by atoms with Crippen molar-refractivity contribution in [3.8, 4) is 0 Å². The molecule has 2 fully saturated rings. The number of hydrogen-bond donors (Lipinski definition) is 0. The lowest BCUT2D eigenvalue weighted by atomic mass is 10.1. The van der Waals surface area contributed by atoms with Crippen molar-refractivity contribution in [1.82, 2.24) is 9.80 Å². The van der Waals surface area contributed by atoms with Crippen LogP contribution < -0.4 is 0 Å². The van der Waals surface area contributed by atoms with Crippen LogP contribution >= 0.6 is 0 Å². The summed E-state index contributed by atoms with van der Waals surface area (Å²) in [5, 5.41) is 0. The molecule has 0 aromatic rings. The van der Waals surface area contributed by atoms with Crippen molar-refractivity contribution in [2.45, 2.75) is 18.9 Å². The Bertz CT molecular complexity index is 120. The van der Waals surface area contributed by atoms with Crippen LogP contribution in [0.2, 0.25) is 0 Å². The van der Waals surface area contributed by atoms with E-state index in [1.807, 2.05) is 0 Å². The Morgan fingerprint density at radius 1 is 1.20 bits per heavy atom. The molecule has 0 unspecified atom stereocenters. The Hall–Kier alpha value is -0.0800. The van der Waals surface area contributed by atoms with Crippen LogP contribution in [0.5, 0.6) is 0 Å². The van der Waals surface area contributed by atoms with Gasteiger partial charge in [-0.2, -0.15) is 0 Å². The van der Waals surface area contributed by atoms with Gasteiger partial charge < -0.3 is 4.90 Å². The summed E-state index contributed by atoms with van der Waals surface area (Å²) in [6, 6.07) is 0.902. The minimum Gasteiger partial charge on any atom is -0.305 e. The van der Waals surface area contributed by atoms with Gasteiger partial charge in [0.2, 0.25) is 0 Å². The van der Waals surface area contributed by atoms with Crippen LogP contribution in [-0.2, 0) is 0 Å². The third kappa shape index (κ3) is 1.06. The second-order valence-corrected chi connectivity index (χ2v) is 3.59. The highest BCUT2D eigenvalue weighted by molar-refractivity contribution is 4.85. The minimum absolute atomic E-state index is 0.902. The molecule has 2 aliphatic heterocycles. The summed E-state index contributed by atoms with van der Waals surface area (Å²) in [7, 11) is 2.22. The molecule has 0 aromatic carbocycles. The number of hydrogen-bond acceptors (Lipinski definition) is 2. The number of rotatable bonds is 1. The topological polar surface area (TPSA) is 6.48 Å². The molecule has 0 aromatic heterocycles. The van der Waals surface area contributed by atoms with Crippen molar-refractivity contribution in [2.75, 3.05) is 33.2 Å². The van der Waals surface area contributed by atoms with Crippen molar-refractivity contribution in [2.24, 2.45) is 0 Å². The molecule has 0 amide bonds. The van der Waals surface area contributed by atoms with Crippen LogP contribution in [-0.4, -0.2) is 49.1 Å². The Balaban J connectivity index is 1.82. The Morgan fingerprint density at radius 3 is 2.40 bits per heavy atom. The van der Waals surface area contributed by atoms with Crippen LogP contribution in [0.25, 0.3) is 0 Å². The van der Waals surface area contributed by atoms with E-state index in [-0.39, 0.29) is 0 Å². The smallest absolute Gasteiger partial charge is 0.0235 e. The van der Waals surface area contributed by atoms with Gasteiger partial charge in [-0.05, 0) is 39.5 Å². The lowest BCUT2D eigenvalue weighted by Crippen LogP contribution is -2.46. The molecule has 2 saturated heterocycles. The van der Waals surface area contributed by atoms with Crippen molar-refractivity contribution < 1.29 is 0 Å². The molecule has 0 spiro atoms. The molecule has 2 nitrogen and oxygen atoms in total. The summed E-state index contributed by atoms with van der Waals surface area (Å²) >= 11 is 0. The molecule has 0 N–H and O–H groups in total. The van der Waals surface area contributed by atoms with Gasteiger partial charge in [0, 0.05) is 12.6 Å². The fourth-order valence-electron chi connectivity index (χ4n) is 1.92. The fraction of sp³-hybridized carbons (Fsp3) is 1.00. The van der Waals surface area contributed by atoms with Crippen LogP contribution in [0.3, 0.4) is 0 Å². The van der Waals surface area contributed by atoms with Crippen LogP contribution in [0.4, 0.5) is 0 Å². The monoisotopic (exact) mass is 140 g/mol. The summed E-state index contributed by atoms with van der Waals surface area (Å²) in [5.74, 6) is 0. The molecule has 0 saturated carbocycles. The predicted molar refractivity (Wildman–Crippen MR) is 42.1 cm³/mol. The van der Waals surface area contributed by atoms with Gasteiger partial charge >= 0.3 is 0 Å². The van der Waals surface area contributed by atoms with Crippen molar-refractivity contribution in [3.05, 3.63) is 0 Å². The molecule has 0 bridgehead atoms. The van der Waals surface area contributed by atoms with Gasteiger partial charge in [-0.25, -0.2) is 0 Å². The van der Waals surface area contributed by atoms with Gasteiger partial charge in [0.15, 0.2) is 0 Å². The zero-order chi connectivity index (χ0) is 6.97. The third-order valence-corrected chi connectivity index (χ3v) is 2.77. The molecule has 2 aliphatic rings. The minimum atomic E-state index is 0.902. The molecule has 10 heavy (non-hydrogen) atoms. The third-order valence-electron chi connectivity index (χ3n) is 2.77. The first kappa shape index (κ1) is 6.62. The number of nitrogens with zero attached hydrogens (tertiary/aromatic N) is 2. The summed E-state index contributed by atoms with van der Waals surface area (Å²) < 4.78 is 0. The van der Waals surface area contributed by atoms with Crippen molar-refractivity contribution in [3.63, 3.8) is 0 Å². The Labute approximate surface area is 62.8 Å². The zero-order valence-corrected chi connectivity index (χ0v) is 6.71. The predicted octanol–water partition coefficient (Wildman–Crippen LogP) is 0.396. The number of likely N-dealkylation sites (tertiary alicyclic amines) is 2. The first-order chi connectivity index (χ1) is 4.86. The maximum atomic E-state index is 2.61. The Morgan fingerprint density at radius 2 is 2.00 bits per heavy atom. The molecule has 1 atom stereocenters. The zero-order valence-electron chi connectivity index (χ0n) is 6.71. The fourth-order valence-corrected chi connectivity index (χ4v) is 1.92. The van der Waals surface area contributed by atoms with Gasteiger partial charge in [0.05, 0.1) is 0 Å². The quantitative estimate of drug-likeness (QED) is 0.520. The maximum absolute atomic E-state index is 2.61. The average molecular weight is 140 g/mol. The van der Waals surface area contributed by atoms with Gasteiger partial charge in [0.1, 0.15) is 0 Å². The van der Waals surface area contributed by atoms with Crippen LogP contribution in [0.1, 0.15) is 12.8 Å². The molecule has 58 valence electrons. The Kier molecular flexibility index (Phi) is 1.66. The van der Waals surface area contributed by atoms with E-state index in [0.29, 0.717) is 0 Å². The van der Waals surface area contributed by atoms with E-state index >= 15 is 0 Å². The van der Waals surface area contributed by atoms with Gasteiger partial charge in [0.25, 0.3) is 0 Å². The molecule has 0 radical (unpaired) electrons. The van der Waals surface area contributed by atoms with E-state index in [1.165, 1.54) is 39.0 Å².